The van der Waals surface area contributed by atoms with Crippen molar-refractivity contribution in [1.82, 2.24) is 4.90 Å². The van der Waals surface area contributed by atoms with Crippen molar-refractivity contribution in [3.05, 3.63) is 0 Å². The first-order chi connectivity index (χ1) is 7.35. The average Bonchev–Trinajstić information content (AvgIpc) is 2.13. The third kappa shape index (κ3) is 9.92. The van der Waals surface area contributed by atoms with E-state index >= 15 is 0 Å². The summed E-state index contributed by atoms with van der Waals surface area (Å²) in [6.07, 6.45) is 2.17. The molecule has 0 saturated carbocycles. The van der Waals surface area contributed by atoms with Gasteiger partial charge < -0.3 is 9.64 Å². The molecule has 0 aromatic heterocycles. The minimum atomic E-state index is -2.88. The Bertz CT molecular complexity index is 300. The molecule has 0 aromatic carbocycles. The fraction of sp³-hybridized carbons (Fsp3) is 0.900. The Morgan fingerprint density at radius 3 is 2.44 bits per heavy atom. The largest absolute Gasteiger partial charge is 0.466 e. The second-order valence-corrected chi connectivity index (χ2v) is 6.10. The molecule has 0 rings (SSSR count). The number of hydrogen-bond acceptors (Lipinski definition) is 5. The van der Waals surface area contributed by atoms with Crippen LogP contribution in [0, 0.1) is 0 Å². The smallest absolute Gasteiger partial charge is 0.307 e. The minimum absolute atomic E-state index is 0.191. The molecule has 0 radical (unpaired) electrons. The van der Waals surface area contributed by atoms with E-state index < -0.39 is 9.84 Å². The Balaban J connectivity index is 3.59. The maximum atomic E-state index is 11.0. The Hall–Kier alpha value is -0.620. The number of rotatable bonds is 8. The lowest BCUT2D eigenvalue weighted by molar-refractivity contribution is -0.143. The van der Waals surface area contributed by atoms with Gasteiger partial charge in [0.1, 0.15) is 9.84 Å². The Morgan fingerprint density at radius 2 is 1.94 bits per heavy atom. The number of hydrogen-bond donors (Lipinski definition) is 0. The molecule has 0 bridgehead atoms. The van der Waals surface area contributed by atoms with Crippen molar-refractivity contribution in [2.45, 2.75) is 19.8 Å². The highest BCUT2D eigenvalue weighted by atomic mass is 32.2. The maximum absolute atomic E-state index is 11.0. The van der Waals surface area contributed by atoms with Gasteiger partial charge in [-0.15, -0.1) is 0 Å². The third-order valence-electron chi connectivity index (χ3n) is 2.06. The zero-order chi connectivity index (χ0) is 12.6. The summed E-state index contributed by atoms with van der Waals surface area (Å²) >= 11 is 0. The van der Waals surface area contributed by atoms with Crippen molar-refractivity contribution < 1.29 is 17.9 Å². The van der Waals surface area contributed by atoms with Gasteiger partial charge in [-0.05, 0) is 26.9 Å². The Kier molecular flexibility index (Phi) is 7.33. The molecule has 0 heterocycles. The van der Waals surface area contributed by atoms with Gasteiger partial charge in [0, 0.05) is 12.8 Å². The Labute approximate surface area is 97.7 Å². The first-order valence-corrected chi connectivity index (χ1v) is 7.43. The highest BCUT2D eigenvalue weighted by molar-refractivity contribution is 7.90. The number of carbonyl (C=O) groups is 1. The van der Waals surface area contributed by atoms with Crippen molar-refractivity contribution in [3.63, 3.8) is 0 Å². The lowest BCUT2D eigenvalue weighted by atomic mass is 10.3. The first-order valence-electron chi connectivity index (χ1n) is 5.37. The van der Waals surface area contributed by atoms with Crippen molar-refractivity contribution in [1.29, 1.82) is 0 Å². The molecule has 0 unspecified atom stereocenters. The summed E-state index contributed by atoms with van der Waals surface area (Å²) in [6, 6.07) is 0. The van der Waals surface area contributed by atoms with Gasteiger partial charge >= 0.3 is 5.97 Å². The van der Waals surface area contributed by atoms with Crippen LogP contribution in [0.25, 0.3) is 0 Å². The van der Waals surface area contributed by atoms with Crippen LogP contribution in [0.15, 0.2) is 0 Å². The molecule has 0 fully saturated rings. The minimum Gasteiger partial charge on any atom is -0.466 e. The SMILES string of the molecule is CCOC(=O)CCN(C)CCCS(C)(=O)=O. The van der Waals surface area contributed by atoms with E-state index in [-0.39, 0.29) is 11.7 Å². The van der Waals surface area contributed by atoms with Crippen LogP contribution < -0.4 is 0 Å². The van der Waals surface area contributed by atoms with Crippen LogP contribution in [-0.2, 0) is 19.4 Å². The molecule has 0 aliphatic rings. The highest BCUT2D eigenvalue weighted by Gasteiger charge is 2.06. The summed E-state index contributed by atoms with van der Waals surface area (Å²) in [6.45, 7) is 3.44. The van der Waals surface area contributed by atoms with Crippen LogP contribution in [0.2, 0.25) is 0 Å². The molecule has 0 atom stereocenters. The molecule has 0 aromatic rings. The van der Waals surface area contributed by atoms with Gasteiger partial charge in [0.25, 0.3) is 0 Å². The van der Waals surface area contributed by atoms with Gasteiger partial charge in [-0.25, -0.2) is 8.42 Å². The molecule has 16 heavy (non-hydrogen) atoms. The monoisotopic (exact) mass is 251 g/mol. The molecular formula is C10H21NO4S. The van der Waals surface area contributed by atoms with E-state index in [0.29, 0.717) is 32.5 Å². The standard InChI is InChI=1S/C10H21NO4S/c1-4-15-10(12)6-8-11(2)7-5-9-16(3,13)14/h4-9H2,1-3H3. The number of ether oxygens (including phenoxy) is 1. The molecule has 0 saturated heterocycles. The Morgan fingerprint density at radius 1 is 1.31 bits per heavy atom. The normalized spacial score (nSPS) is 11.8. The topological polar surface area (TPSA) is 63.7 Å². The molecule has 96 valence electrons. The van der Waals surface area contributed by atoms with Gasteiger partial charge in [0.15, 0.2) is 0 Å². The summed E-state index contributed by atoms with van der Waals surface area (Å²) in [7, 11) is -1.02. The van der Waals surface area contributed by atoms with Crippen LogP contribution in [0.3, 0.4) is 0 Å². The van der Waals surface area contributed by atoms with Crippen LogP contribution >= 0.6 is 0 Å². The van der Waals surface area contributed by atoms with E-state index in [1.165, 1.54) is 6.26 Å². The summed E-state index contributed by atoms with van der Waals surface area (Å²) in [5.41, 5.74) is 0. The van der Waals surface area contributed by atoms with Crippen molar-refractivity contribution in [3.8, 4) is 0 Å². The molecule has 0 spiro atoms. The molecule has 0 amide bonds. The lowest BCUT2D eigenvalue weighted by Gasteiger charge is -2.15. The summed E-state index contributed by atoms with van der Waals surface area (Å²) in [5.74, 6) is -0.0195. The van der Waals surface area contributed by atoms with E-state index in [2.05, 4.69) is 0 Å². The van der Waals surface area contributed by atoms with E-state index in [4.69, 9.17) is 4.74 Å². The van der Waals surface area contributed by atoms with Crippen molar-refractivity contribution in [2.24, 2.45) is 0 Å². The van der Waals surface area contributed by atoms with Crippen molar-refractivity contribution >= 4 is 15.8 Å². The highest BCUT2D eigenvalue weighted by Crippen LogP contribution is 1.95. The first kappa shape index (κ1) is 15.4. The quantitative estimate of drug-likeness (QED) is 0.581. The second-order valence-electron chi connectivity index (χ2n) is 3.84. The average molecular weight is 251 g/mol. The predicted molar refractivity (Wildman–Crippen MR) is 63.1 cm³/mol. The fourth-order valence-electron chi connectivity index (χ4n) is 1.22. The van der Waals surface area contributed by atoms with Crippen LogP contribution in [0.1, 0.15) is 19.8 Å². The van der Waals surface area contributed by atoms with Gasteiger partial charge in [-0.2, -0.15) is 0 Å². The zero-order valence-electron chi connectivity index (χ0n) is 10.2. The van der Waals surface area contributed by atoms with Gasteiger partial charge in [0.2, 0.25) is 0 Å². The van der Waals surface area contributed by atoms with Gasteiger partial charge in [-0.1, -0.05) is 0 Å². The predicted octanol–water partition coefficient (Wildman–Crippen LogP) is 0.306. The van der Waals surface area contributed by atoms with E-state index in [0.717, 1.165) is 0 Å². The maximum Gasteiger partial charge on any atom is 0.307 e. The molecule has 0 aliphatic heterocycles. The van der Waals surface area contributed by atoms with Gasteiger partial charge in [-0.3, -0.25) is 4.79 Å². The van der Waals surface area contributed by atoms with Crippen LogP contribution in [-0.4, -0.2) is 58.0 Å². The third-order valence-corrected chi connectivity index (χ3v) is 3.09. The summed E-state index contributed by atoms with van der Waals surface area (Å²) < 4.78 is 26.5. The molecule has 0 aliphatic carbocycles. The molecular weight excluding hydrogens is 230 g/mol. The van der Waals surface area contributed by atoms with E-state index in [1.807, 2.05) is 11.9 Å². The molecule has 0 N–H and O–H groups in total. The number of carbonyl (C=O) groups excluding carboxylic acids is 1. The number of sulfone groups is 1. The lowest BCUT2D eigenvalue weighted by Crippen LogP contribution is -2.25. The molecule has 5 nitrogen and oxygen atoms in total. The number of esters is 1. The van der Waals surface area contributed by atoms with E-state index in [1.54, 1.807) is 6.92 Å². The summed E-state index contributed by atoms with van der Waals surface area (Å²) in [4.78, 5) is 13.0. The van der Waals surface area contributed by atoms with E-state index in [9.17, 15) is 13.2 Å². The van der Waals surface area contributed by atoms with Crippen LogP contribution in [0.5, 0.6) is 0 Å². The number of nitrogens with zero attached hydrogens (tertiary/aromatic N) is 1. The zero-order valence-corrected chi connectivity index (χ0v) is 11.0. The van der Waals surface area contributed by atoms with Gasteiger partial charge in [0.05, 0.1) is 18.8 Å². The van der Waals surface area contributed by atoms with Crippen molar-refractivity contribution in [2.75, 3.05) is 38.8 Å². The fourth-order valence-corrected chi connectivity index (χ4v) is 1.88. The molecule has 6 heteroatoms. The van der Waals surface area contributed by atoms with Crippen LogP contribution in [0.4, 0.5) is 0 Å². The summed E-state index contributed by atoms with van der Waals surface area (Å²) in [5, 5.41) is 0. The second kappa shape index (κ2) is 7.62.